The minimum Gasteiger partial charge on any atom is -0.352 e. The van der Waals surface area contributed by atoms with Crippen LogP contribution in [0.4, 0.5) is 0 Å². The Bertz CT molecular complexity index is 1490. The number of nitrogens with one attached hydrogen (secondary N) is 2. The molecule has 2 amide bonds. The smallest absolute Gasteiger partial charge is 0.254 e. The van der Waals surface area contributed by atoms with Gasteiger partial charge in [0, 0.05) is 36.0 Å². The van der Waals surface area contributed by atoms with Gasteiger partial charge in [-0.2, -0.15) is 0 Å². The molecule has 226 valence electrons. The molecule has 0 aliphatic heterocycles. The highest BCUT2D eigenvalue weighted by molar-refractivity contribution is 5.98. The number of unbranched alkanes of at least 4 members (excludes halogenated alkanes) is 1. The predicted octanol–water partition coefficient (Wildman–Crippen LogP) is 6.31. The number of aromatic amines is 1. The maximum absolute atomic E-state index is 14.1. The molecule has 2 N–H and O–H groups in total. The Labute approximate surface area is 254 Å². The second-order valence-electron chi connectivity index (χ2n) is 12.1. The zero-order chi connectivity index (χ0) is 30.3. The van der Waals surface area contributed by atoms with Crippen molar-refractivity contribution in [2.24, 2.45) is 0 Å². The Morgan fingerprint density at radius 3 is 2.44 bits per heavy atom. The van der Waals surface area contributed by atoms with E-state index in [1.54, 1.807) is 30.5 Å². The summed E-state index contributed by atoms with van der Waals surface area (Å²) in [5.74, 6) is 0.516. The van der Waals surface area contributed by atoms with Crippen LogP contribution in [-0.4, -0.2) is 61.7 Å². The van der Waals surface area contributed by atoms with Crippen molar-refractivity contribution in [2.45, 2.75) is 84.5 Å². The summed E-state index contributed by atoms with van der Waals surface area (Å²) in [7, 11) is 0. The topological polar surface area (TPSA) is 94.2 Å². The number of imidazole rings is 1. The molecule has 0 saturated heterocycles. The number of hydrogen-bond acceptors (Lipinski definition) is 5. The lowest BCUT2D eigenvalue weighted by molar-refractivity contribution is 0.0627. The minimum absolute atomic E-state index is 0.101. The Morgan fingerprint density at radius 1 is 0.953 bits per heavy atom. The first-order chi connectivity index (χ1) is 20.8. The number of para-hydroxylation sites is 2. The van der Waals surface area contributed by atoms with Crippen molar-refractivity contribution < 1.29 is 9.59 Å². The monoisotopic (exact) mass is 580 g/mol. The quantitative estimate of drug-likeness (QED) is 0.192. The number of hydrogen-bond donors (Lipinski definition) is 2. The van der Waals surface area contributed by atoms with Gasteiger partial charge >= 0.3 is 0 Å². The fourth-order valence-electron chi connectivity index (χ4n) is 6.22. The van der Waals surface area contributed by atoms with Crippen LogP contribution in [0.15, 0.2) is 66.9 Å². The first-order valence-electron chi connectivity index (χ1n) is 15.6. The van der Waals surface area contributed by atoms with Gasteiger partial charge in [-0.15, -0.1) is 0 Å². The maximum Gasteiger partial charge on any atom is 0.254 e. The van der Waals surface area contributed by atoms with Gasteiger partial charge in [0.2, 0.25) is 0 Å². The fourth-order valence-corrected chi connectivity index (χ4v) is 6.22. The van der Waals surface area contributed by atoms with E-state index in [4.69, 9.17) is 9.97 Å². The number of fused-ring (bicyclic) bond motifs is 2. The maximum atomic E-state index is 14.1. The van der Waals surface area contributed by atoms with Crippen LogP contribution in [-0.2, 0) is 13.0 Å². The van der Waals surface area contributed by atoms with E-state index in [1.165, 1.54) is 5.56 Å². The number of H-pyrrole nitrogens is 1. The van der Waals surface area contributed by atoms with E-state index < -0.39 is 0 Å². The van der Waals surface area contributed by atoms with E-state index in [0.29, 0.717) is 36.3 Å². The first-order valence-corrected chi connectivity index (χ1v) is 15.6. The van der Waals surface area contributed by atoms with E-state index in [1.807, 2.05) is 35.2 Å². The van der Waals surface area contributed by atoms with Crippen LogP contribution >= 0.6 is 0 Å². The summed E-state index contributed by atoms with van der Waals surface area (Å²) in [4.78, 5) is 44.2. The molecule has 0 spiro atoms. The van der Waals surface area contributed by atoms with Gasteiger partial charge in [0.15, 0.2) is 0 Å². The number of pyridine rings is 1. The van der Waals surface area contributed by atoms with E-state index in [0.717, 1.165) is 61.2 Å². The molecule has 4 aromatic rings. The van der Waals surface area contributed by atoms with Gasteiger partial charge in [-0.3, -0.25) is 19.5 Å². The van der Waals surface area contributed by atoms with Crippen molar-refractivity contribution in [3.8, 4) is 0 Å². The van der Waals surface area contributed by atoms with Crippen molar-refractivity contribution >= 4 is 22.8 Å². The summed E-state index contributed by atoms with van der Waals surface area (Å²) in [5, 5.41) is 3.04. The molecule has 0 radical (unpaired) electrons. The summed E-state index contributed by atoms with van der Waals surface area (Å²) >= 11 is 0. The lowest BCUT2D eigenvalue weighted by Crippen LogP contribution is -2.38. The minimum atomic E-state index is -0.157. The number of aryl methyl sites for hydroxylation is 1. The average molecular weight is 581 g/mol. The van der Waals surface area contributed by atoms with E-state index in [9.17, 15) is 9.59 Å². The van der Waals surface area contributed by atoms with Crippen LogP contribution in [0, 0.1) is 0 Å². The Morgan fingerprint density at radius 2 is 1.70 bits per heavy atom. The largest absolute Gasteiger partial charge is 0.352 e. The molecule has 2 aromatic carbocycles. The molecule has 0 bridgehead atoms. The molecule has 2 aromatic heterocycles. The molecule has 1 aliphatic rings. The lowest BCUT2D eigenvalue weighted by atomic mass is 9.90. The number of aromatic nitrogens is 3. The van der Waals surface area contributed by atoms with E-state index in [-0.39, 0.29) is 17.9 Å². The SMILES string of the molecule is CC(C)N(CCCCNC(=O)c1ccc(C(=O)N(Cc2nc3ccccc3[nH]2)C2CCCc3cccnc32)cc1)C(C)C. The molecular formula is C35H44N6O2. The van der Waals surface area contributed by atoms with Crippen molar-refractivity contribution in [2.75, 3.05) is 13.1 Å². The van der Waals surface area contributed by atoms with Crippen molar-refractivity contribution in [1.29, 1.82) is 0 Å². The zero-order valence-corrected chi connectivity index (χ0v) is 25.8. The molecule has 8 heteroatoms. The predicted molar refractivity (Wildman–Crippen MR) is 171 cm³/mol. The highest BCUT2D eigenvalue weighted by Crippen LogP contribution is 2.34. The third-order valence-electron chi connectivity index (χ3n) is 8.41. The third kappa shape index (κ3) is 7.31. The van der Waals surface area contributed by atoms with Gasteiger partial charge in [0.1, 0.15) is 5.82 Å². The van der Waals surface area contributed by atoms with E-state index >= 15 is 0 Å². The van der Waals surface area contributed by atoms with Gasteiger partial charge in [-0.05, 0) is 114 Å². The van der Waals surface area contributed by atoms with E-state index in [2.05, 4.69) is 49.0 Å². The van der Waals surface area contributed by atoms with Crippen molar-refractivity contribution in [1.82, 2.24) is 30.1 Å². The molecule has 43 heavy (non-hydrogen) atoms. The van der Waals surface area contributed by atoms with Crippen molar-refractivity contribution in [3.63, 3.8) is 0 Å². The molecule has 2 heterocycles. The Balaban J connectivity index is 1.27. The molecule has 8 nitrogen and oxygen atoms in total. The molecule has 1 aliphatic carbocycles. The van der Waals surface area contributed by atoms with Gasteiger partial charge in [-0.1, -0.05) is 18.2 Å². The number of carbonyl (C=O) groups is 2. The van der Waals surface area contributed by atoms with Crippen LogP contribution in [0.3, 0.4) is 0 Å². The third-order valence-corrected chi connectivity index (χ3v) is 8.41. The molecule has 0 fully saturated rings. The standard InChI is InChI=1S/C35H44N6O2/c1-24(2)40(25(3)4)22-8-7-20-37-34(42)27-16-18-28(19-17-27)35(43)41(23-32-38-29-13-5-6-14-30(29)39-32)31-15-9-11-26-12-10-21-36-33(26)31/h5-6,10,12-14,16-19,21,24-25,31H,7-9,11,15,20,22-23H2,1-4H3,(H,37,42)(H,38,39). The van der Waals surface area contributed by atoms with Gasteiger partial charge < -0.3 is 15.2 Å². The second-order valence-corrected chi connectivity index (χ2v) is 12.1. The lowest BCUT2D eigenvalue weighted by Gasteiger charge is -2.34. The number of rotatable bonds is 12. The van der Waals surface area contributed by atoms with Crippen molar-refractivity contribution in [3.05, 3.63) is 95.1 Å². The average Bonchev–Trinajstić information content (AvgIpc) is 3.43. The Hall–Kier alpha value is -4.04. The summed E-state index contributed by atoms with van der Waals surface area (Å²) in [6, 6.07) is 19.8. The summed E-state index contributed by atoms with van der Waals surface area (Å²) < 4.78 is 0. The molecular weight excluding hydrogens is 536 g/mol. The number of carbonyl (C=O) groups excluding carboxylic acids is 2. The van der Waals surface area contributed by atoms with Crippen LogP contribution in [0.25, 0.3) is 11.0 Å². The molecule has 1 unspecified atom stereocenters. The van der Waals surface area contributed by atoms with Crippen LogP contribution in [0.1, 0.15) is 97.2 Å². The molecule has 0 saturated carbocycles. The zero-order valence-electron chi connectivity index (χ0n) is 25.8. The Kier molecular flexibility index (Phi) is 9.87. The van der Waals surface area contributed by atoms with Gasteiger partial charge in [0.05, 0.1) is 29.3 Å². The molecule has 1 atom stereocenters. The van der Waals surface area contributed by atoms with Crippen LogP contribution in [0.5, 0.6) is 0 Å². The number of benzene rings is 2. The number of nitrogens with zero attached hydrogens (tertiary/aromatic N) is 4. The number of amides is 2. The van der Waals surface area contributed by atoms with Crippen LogP contribution in [0.2, 0.25) is 0 Å². The first kappa shape index (κ1) is 30.4. The normalized spacial score (nSPS) is 14.8. The highest BCUT2D eigenvalue weighted by atomic mass is 16.2. The summed E-state index contributed by atoms with van der Waals surface area (Å²) in [5.41, 5.74) is 5.06. The fraction of sp³-hybridized carbons (Fsp3) is 0.429. The molecule has 5 rings (SSSR count). The van der Waals surface area contributed by atoms with Gasteiger partial charge in [-0.25, -0.2) is 4.98 Å². The second kappa shape index (κ2) is 14.0. The van der Waals surface area contributed by atoms with Crippen LogP contribution < -0.4 is 5.32 Å². The highest BCUT2D eigenvalue weighted by Gasteiger charge is 2.32. The summed E-state index contributed by atoms with van der Waals surface area (Å²) in [6.45, 7) is 10.9. The summed E-state index contributed by atoms with van der Waals surface area (Å²) in [6.07, 6.45) is 6.54. The van der Waals surface area contributed by atoms with Gasteiger partial charge in [0.25, 0.3) is 11.8 Å².